The lowest BCUT2D eigenvalue weighted by Crippen LogP contribution is -2.63. The van der Waals surface area contributed by atoms with Gasteiger partial charge in [-0.2, -0.15) is 8.42 Å². The van der Waals surface area contributed by atoms with Crippen LogP contribution in [0.4, 0.5) is 10.5 Å². The molecule has 12 nitrogen and oxygen atoms in total. The molecule has 2 unspecified atom stereocenters. The lowest BCUT2D eigenvalue weighted by molar-refractivity contribution is -0.384. The van der Waals surface area contributed by atoms with Crippen LogP contribution < -0.4 is 0 Å². The molecule has 1 heterocycles. The van der Waals surface area contributed by atoms with E-state index in [0.717, 1.165) is 6.26 Å². The number of non-ortho nitro benzene ring substituents is 1. The van der Waals surface area contributed by atoms with Crippen molar-refractivity contribution in [3.05, 3.63) is 39.9 Å². The number of rotatable bonds is 7. The van der Waals surface area contributed by atoms with Crippen molar-refractivity contribution < 1.29 is 42.1 Å². The molecular weight excluding hydrogens is 400 g/mol. The minimum atomic E-state index is -3.86. The Morgan fingerprint density at radius 3 is 2.39 bits per heavy atom. The Balaban J connectivity index is 2.21. The van der Waals surface area contributed by atoms with Crippen LogP contribution in [0.3, 0.4) is 0 Å². The molecule has 1 fully saturated rings. The number of hydrogen-bond acceptors (Lipinski definition) is 8. The third-order valence-electron chi connectivity index (χ3n) is 4.13. The van der Waals surface area contributed by atoms with E-state index in [1.807, 2.05) is 0 Å². The number of aliphatic carboxylic acids is 1. The predicted molar refractivity (Wildman–Crippen MR) is 91.9 cm³/mol. The second kappa shape index (κ2) is 8.08. The Hall–Kier alpha value is -2.77. The summed E-state index contributed by atoms with van der Waals surface area (Å²) in [5.41, 5.74) is -2.02. The summed E-state index contributed by atoms with van der Waals surface area (Å²) in [5.74, 6) is -1.56. The Labute approximate surface area is 159 Å². The van der Waals surface area contributed by atoms with Gasteiger partial charge in [-0.1, -0.05) is 0 Å². The van der Waals surface area contributed by atoms with Gasteiger partial charge in [0.25, 0.3) is 15.8 Å². The van der Waals surface area contributed by atoms with Crippen LogP contribution in [0.25, 0.3) is 0 Å². The molecule has 0 spiro atoms. The van der Waals surface area contributed by atoms with E-state index >= 15 is 0 Å². The van der Waals surface area contributed by atoms with E-state index in [2.05, 4.69) is 0 Å². The molecule has 1 aliphatic heterocycles. The summed E-state index contributed by atoms with van der Waals surface area (Å²) >= 11 is 0. The minimum Gasteiger partial charge on any atom is -0.478 e. The quantitative estimate of drug-likeness (QED) is 0.369. The Morgan fingerprint density at radius 2 is 1.93 bits per heavy atom. The first kappa shape index (κ1) is 21.5. The van der Waals surface area contributed by atoms with Gasteiger partial charge >= 0.3 is 12.1 Å². The molecule has 13 heteroatoms. The fraction of sp³-hybridized carbons (Fsp3) is 0.467. The predicted octanol–water partition coefficient (Wildman–Crippen LogP) is 1.01. The summed E-state index contributed by atoms with van der Waals surface area (Å²) in [4.78, 5) is 34.1. The molecule has 0 radical (unpaired) electrons. The lowest BCUT2D eigenvalue weighted by atomic mass is 9.96. The number of nitrogens with zero attached hydrogens (tertiary/aromatic N) is 2. The van der Waals surface area contributed by atoms with Crippen molar-refractivity contribution in [1.82, 2.24) is 4.90 Å². The molecule has 1 aliphatic rings. The average Bonchev–Trinajstić information content (AvgIpc) is 2.59. The van der Waals surface area contributed by atoms with E-state index in [1.165, 1.54) is 24.3 Å². The number of nitro groups is 1. The van der Waals surface area contributed by atoms with E-state index in [9.17, 15) is 38.3 Å². The zero-order chi connectivity index (χ0) is 21.1. The number of nitro benzene ring substituents is 1. The minimum absolute atomic E-state index is 0.0661. The Bertz CT molecular complexity index is 869. The van der Waals surface area contributed by atoms with Crippen molar-refractivity contribution in [1.29, 1.82) is 0 Å². The number of piperidine rings is 1. The molecule has 154 valence electrons. The van der Waals surface area contributed by atoms with Gasteiger partial charge < -0.3 is 14.9 Å². The zero-order valence-corrected chi connectivity index (χ0v) is 15.5. The lowest BCUT2D eigenvalue weighted by Gasteiger charge is -2.43. The molecule has 1 saturated heterocycles. The molecule has 2 atom stereocenters. The first-order valence-electron chi connectivity index (χ1n) is 7.94. The van der Waals surface area contributed by atoms with Crippen LogP contribution in [0.5, 0.6) is 0 Å². The van der Waals surface area contributed by atoms with Crippen LogP contribution in [0.1, 0.15) is 18.4 Å². The Morgan fingerprint density at radius 1 is 1.32 bits per heavy atom. The fourth-order valence-corrected chi connectivity index (χ4v) is 3.49. The standard InChI is InChI=1S/C15H18N2O10S/c1-28(24,25)27-12-6-7-15(13(18)19,16(8-12)14(20)21)26-9-10-2-4-11(5-3-10)17(22)23/h2-5,12H,6-9H2,1H3,(H,18,19)(H,20,21). The highest BCUT2D eigenvalue weighted by Crippen LogP contribution is 2.33. The van der Waals surface area contributed by atoms with Gasteiger partial charge in [-0.25, -0.2) is 9.59 Å². The van der Waals surface area contributed by atoms with Crippen LogP contribution in [0.15, 0.2) is 24.3 Å². The highest BCUT2D eigenvalue weighted by Gasteiger charge is 2.52. The highest BCUT2D eigenvalue weighted by molar-refractivity contribution is 7.86. The largest absolute Gasteiger partial charge is 0.478 e. The van der Waals surface area contributed by atoms with Crippen molar-refractivity contribution in [2.24, 2.45) is 0 Å². The number of hydrogen-bond donors (Lipinski definition) is 2. The zero-order valence-electron chi connectivity index (χ0n) is 14.7. The van der Waals surface area contributed by atoms with Crippen LogP contribution in [-0.4, -0.2) is 65.1 Å². The third-order valence-corrected chi connectivity index (χ3v) is 4.75. The monoisotopic (exact) mass is 418 g/mol. The third kappa shape index (κ3) is 4.94. The Kier molecular flexibility index (Phi) is 6.21. The van der Waals surface area contributed by atoms with Gasteiger partial charge in [0.2, 0.25) is 5.72 Å². The maximum absolute atomic E-state index is 11.9. The molecule has 1 aromatic rings. The number of carbonyl (C=O) groups is 2. The molecule has 0 aromatic heterocycles. The molecule has 2 N–H and O–H groups in total. The average molecular weight is 418 g/mol. The van der Waals surface area contributed by atoms with Gasteiger partial charge in [0, 0.05) is 18.6 Å². The van der Waals surface area contributed by atoms with Crippen LogP contribution >= 0.6 is 0 Å². The van der Waals surface area contributed by atoms with Crippen molar-refractivity contribution in [2.75, 3.05) is 12.8 Å². The molecular formula is C15H18N2O10S. The molecule has 0 saturated carbocycles. The van der Waals surface area contributed by atoms with E-state index in [1.54, 1.807) is 0 Å². The topological polar surface area (TPSA) is 174 Å². The van der Waals surface area contributed by atoms with Crippen LogP contribution in [0, 0.1) is 10.1 Å². The van der Waals surface area contributed by atoms with Crippen molar-refractivity contribution >= 4 is 27.9 Å². The highest BCUT2D eigenvalue weighted by atomic mass is 32.2. The molecule has 28 heavy (non-hydrogen) atoms. The molecule has 0 bridgehead atoms. The summed E-state index contributed by atoms with van der Waals surface area (Å²) in [5, 5.41) is 29.8. The summed E-state index contributed by atoms with van der Waals surface area (Å²) in [6, 6.07) is 5.13. The second-order valence-electron chi connectivity index (χ2n) is 6.16. The first-order valence-corrected chi connectivity index (χ1v) is 9.76. The number of carboxylic acids is 1. The van der Waals surface area contributed by atoms with Gasteiger partial charge in [-0.05, 0) is 24.1 Å². The maximum Gasteiger partial charge on any atom is 0.410 e. The number of likely N-dealkylation sites (tertiary alicyclic amines) is 1. The smallest absolute Gasteiger partial charge is 0.410 e. The fourth-order valence-electron chi connectivity index (χ4n) is 2.84. The van der Waals surface area contributed by atoms with Gasteiger partial charge in [-0.3, -0.25) is 19.2 Å². The molecule has 1 amide bonds. The molecule has 2 rings (SSSR count). The molecule has 0 aliphatic carbocycles. The van der Waals surface area contributed by atoms with E-state index < -0.39 is 45.5 Å². The van der Waals surface area contributed by atoms with Crippen LogP contribution in [0.2, 0.25) is 0 Å². The summed E-state index contributed by atoms with van der Waals surface area (Å²) in [6.07, 6.45) is -2.26. The first-order chi connectivity index (χ1) is 12.9. The molecule has 1 aromatic carbocycles. The van der Waals surface area contributed by atoms with Crippen molar-refractivity contribution in [3.8, 4) is 0 Å². The maximum atomic E-state index is 11.9. The van der Waals surface area contributed by atoms with Gasteiger partial charge in [-0.15, -0.1) is 0 Å². The van der Waals surface area contributed by atoms with Crippen LogP contribution in [-0.2, 0) is 30.4 Å². The normalized spacial score (nSPS) is 22.6. The van der Waals surface area contributed by atoms with Crippen molar-refractivity contribution in [3.63, 3.8) is 0 Å². The number of benzene rings is 1. The summed E-state index contributed by atoms with van der Waals surface area (Å²) in [7, 11) is -3.86. The summed E-state index contributed by atoms with van der Waals surface area (Å²) in [6.45, 7) is -0.847. The van der Waals surface area contributed by atoms with E-state index in [0.29, 0.717) is 10.5 Å². The second-order valence-corrected chi connectivity index (χ2v) is 7.76. The number of amides is 1. The van der Waals surface area contributed by atoms with Crippen molar-refractivity contribution in [2.45, 2.75) is 31.3 Å². The SMILES string of the molecule is CS(=O)(=O)OC1CCC(OCc2ccc([N+](=O)[O-])cc2)(C(=O)O)N(C(=O)O)C1. The number of carboxylic acid groups (broad SMARTS) is 2. The summed E-state index contributed by atoms with van der Waals surface area (Å²) < 4.78 is 32.8. The van der Waals surface area contributed by atoms with Gasteiger partial charge in [0.1, 0.15) is 0 Å². The number of ether oxygens (including phenoxy) is 1. The van der Waals surface area contributed by atoms with Gasteiger partial charge in [0.15, 0.2) is 0 Å². The van der Waals surface area contributed by atoms with Gasteiger partial charge in [0.05, 0.1) is 30.4 Å². The van der Waals surface area contributed by atoms with E-state index in [4.69, 9.17) is 8.92 Å². The van der Waals surface area contributed by atoms with E-state index in [-0.39, 0.29) is 25.1 Å².